The first-order valence-corrected chi connectivity index (χ1v) is 8.47. The van der Waals surface area contributed by atoms with E-state index >= 15 is 0 Å². The SMILES string of the molecule is c1cc(CNc2cccc3c2N=[Se]=N3)cc(C2CC2)c1. The van der Waals surface area contributed by atoms with Crippen LogP contribution in [0.1, 0.15) is 29.9 Å². The van der Waals surface area contributed by atoms with Gasteiger partial charge in [-0.05, 0) is 0 Å². The molecule has 0 atom stereocenters. The van der Waals surface area contributed by atoms with Crippen molar-refractivity contribution in [2.75, 3.05) is 5.32 Å². The van der Waals surface area contributed by atoms with E-state index in [0.29, 0.717) is 0 Å². The van der Waals surface area contributed by atoms with Crippen molar-refractivity contribution in [2.45, 2.75) is 25.3 Å². The van der Waals surface area contributed by atoms with Crippen molar-refractivity contribution in [1.82, 2.24) is 0 Å². The first-order chi connectivity index (χ1) is 9.90. The van der Waals surface area contributed by atoms with Gasteiger partial charge in [-0.2, -0.15) is 0 Å². The van der Waals surface area contributed by atoms with Crippen molar-refractivity contribution >= 4 is 31.6 Å². The summed E-state index contributed by atoms with van der Waals surface area (Å²) < 4.78 is 8.92. The maximum absolute atomic E-state index is 4.50. The van der Waals surface area contributed by atoms with Crippen LogP contribution in [0, 0.1) is 0 Å². The third-order valence-electron chi connectivity index (χ3n) is 3.77. The maximum atomic E-state index is 4.50. The predicted octanol–water partition coefficient (Wildman–Crippen LogP) is 4.52. The zero-order chi connectivity index (χ0) is 13.4. The molecule has 0 saturated heterocycles. The molecule has 3 nitrogen and oxygen atoms in total. The van der Waals surface area contributed by atoms with Gasteiger partial charge in [0.15, 0.2) is 0 Å². The molecule has 20 heavy (non-hydrogen) atoms. The van der Waals surface area contributed by atoms with Crippen LogP contribution < -0.4 is 5.32 Å². The number of nitrogens with one attached hydrogen (secondary N) is 1. The molecule has 0 radical (unpaired) electrons. The van der Waals surface area contributed by atoms with Crippen molar-refractivity contribution in [2.24, 2.45) is 7.92 Å². The molecule has 1 fully saturated rings. The van der Waals surface area contributed by atoms with Crippen LogP contribution in [0.3, 0.4) is 0 Å². The van der Waals surface area contributed by atoms with Gasteiger partial charge in [-0.15, -0.1) is 0 Å². The number of hydrogen-bond acceptors (Lipinski definition) is 3. The van der Waals surface area contributed by atoms with E-state index in [1.807, 2.05) is 12.1 Å². The summed E-state index contributed by atoms with van der Waals surface area (Å²) in [4.78, 5) is 0. The fourth-order valence-corrected chi connectivity index (χ4v) is 3.67. The van der Waals surface area contributed by atoms with Gasteiger partial charge in [-0.3, -0.25) is 0 Å². The molecule has 0 aromatic heterocycles. The summed E-state index contributed by atoms with van der Waals surface area (Å²) in [7, 11) is 0. The van der Waals surface area contributed by atoms with E-state index in [4.69, 9.17) is 0 Å². The molecule has 2 aromatic rings. The zero-order valence-corrected chi connectivity index (χ0v) is 12.8. The van der Waals surface area contributed by atoms with Crippen molar-refractivity contribution < 1.29 is 0 Å². The topological polar surface area (TPSA) is 36.8 Å². The van der Waals surface area contributed by atoms with E-state index in [9.17, 15) is 0 Å². The summed E-state index contributed by atoms with van der Waals surface area (Å²) in [5, 5.41) is 3.50. The molecule has 2 aromatic carbocycles. The molecular weight excluding hydrogens is 313 g/mol. The van der Waals surface area contributed by atoms with Crippen LogP contribution >= 0.6 is 0 Å². The summed E-state index contributed by atoms with van der Waals surface area (Å²) >= 11 is 0.0337. The summed E-state index contributed by atoms with van der Waals surface area (Å²) in [5.41, 5.74) is 5.99. The number of fused-ring (bicyclic) bond motifs is 1. The Bertz CT molecular complexity index is 728. The Hall–Kier alpha value is -1.64. The summed E-state index contributed by atoms with van der Waals surface area (Å²) in [6, 6.07) is 15.1. The van der Waals surface area contributed by atoms with Crippen LogP contribution in [0.15, 0.2) is 50.4 Å². The zero-order valence-electron chi connectivity index (χ0n) is 11.0. The molecular formula is C16H15N3Se. The van der Waals surface area contributed by atoms with Gasteiger partial charge < -0.3 is 0 Å². The van der Waals surface area contributed by atoms with E-state index in [1.54, 1.807) is 0 Å². The Morgan fingerprint density at radius 3 is 2.90 bits per heavy atom. The minimum atomic E-state index is 0.0337. The van der Waals surface area contributed by atoms with Crippen molar-refractivity contribution in [3.63, 3.8) is 0 Å². The van der Waals surface area contributed by atoms with Crippen LogP contribution in [0.25, 0.3) is 0 Å². The van der Waals surface area contributed by atoms with Crippen molar-refractivity contribution in [3.05, 3.63) is 53.6 Å². The Balaban J connectivity index is 1.52. The van der Waals surface area contributed by atoms with Gasteiger partial charge in [0.05, 0.1) is 0 Å². The molecule has 4 rings (SSSR count). The Labute approximate surface area is 124 Å². The third-order valence-corrected chi connectivity index (χ3v) is 4.91. The Morgan fingerprint density at radius 2 is 2.00 bits per heavy atom. The molecule has 1 saturated carbocycles. The van der Waals surface area contributed by atoms with E-state index in [0.717, 1.165) is 29.5 Å². The van der Waals surface area contributed by atoms with Crippen molar-refractivity contribution in [3.8, 4) is 0 Å². The number of hydrogen-bond donors (Lipinski definition) is 1. The molecule has 0 unspecified atom stereocenters. The number of rotatable bonds is 4. The van der Waals surface area contributed by atoms with Crippen LogP contribution in [0.5, 0.6) is 0 Å². The van der Waals surface area contributed by atoms with E-state index in [1.165, 1.54) is 24.0 Å². The average Bonchev–Trinajstić information content (AvgIpc) is 3.23. The summed E-state index contributed by atoms with van der Waals surface area (Å²) in [5.74, 6) is 0.812. The number of benzene rings is 2. The third kappa shape index (κ3) is 2.37. The molecule has 0 bridgehead atoms. The molecule has 1 aliphatic carbocycles. The Morgan fingerprint density at radius 1 is 1.10 bits per heavy atom. The van der Waals surface area contributed by atoms with Gasteiger partial charge in [0.1, 0.15) is 0 Å². The molecule has 1 N–H and O–H groups in total. The van der Waals surface area contributed by atoms with Gasteiger partial charge in [0.2, 0.25) is 0 Å². The molecule has 1 heterocycles. The molecule has 2 aliphatic rings. The molecule has 0 amide bonds. The molecule has 100 valence electrons. The van der Waals surface area contributed by atoms with Gasteiger partial charge in [-0.1, -0.05) is 0 Å². The summed E-state index contributed by atoms with van der Waals surface area (Å²) in [6.07, 6.45) is 2.71. The second-order valence-electron chi connectivity index (χ2n) is 5.31. The molecule has 1 aliphatic heterocycles. The van der Waals surface area contributed by atoms with E-state index in [-0.39, 0.29) is 14.6 Å². The van der Waals surface area contributed by atoms with Gasteiger partial charge in [-0.25, -0.2) is 0 Å². The second-order valence-corrected chi connectivity index (χ2v) is 6.42. The minimum absolute atomic E-state index is 0.0337. The normalized spacial score (nSPS) is 15.8. The Kier molecular flexibility index (Phi) is 3.06. The number of nitrogens with zero attached hydrogens (tertiary/aromatic N) is 2. The summed E-state index contributed by atoms with van der Waals surface area (Å²) in [6.45, 7) is 0.847. The standard InChI is InChI=1S/C16H15N3Se/c1-3-11(9-13(4-1)12-7-8-12)10-17-14-5-2-6-15-16(14)19-20-18-15/h1-6,9,12,17H,7-8,10H2. The van der Waals surface area contributed by atoms with Crippen LogP contribution in [-0.2, 0) is 6.54 Å². The second kappa shape index (κ2) is 5.04. The predicted molar refractivity (Wildman–Crippen MR) is 82.1 cm³/mol. The van der Waals surface area contributed by atoms with Crippen LogP contribution in [0.2, 0.25) is 0 Å². The van der Waals surface area contributed by atoms with Crippen LogP contribution in [0.4, 0.5) is 17.1 Å². The first kappa shape index (κ1) is 12.1. The van der Waals surface area contributed by atoms with E-state index < -0.39 is 0 Å². The van der Waals surface area contributed by atoms with Crippen molar-refractivity contribution in [1.29, 1.82) is 0 Å². The van der Waals surface area contributed by atoms with Gasteiger partial charge in [0.25, 0.3) is 0 Å². The molecule has 0 spiro atoms. The van der Waals surface area contributed by atoms with E-state index in [2.05, 4.69) is 43.6 Å². The average molecular weight is 328 g/mol. The fraction of sp³-hybridized carbons (Fsp3) is 0.250. The fourth-order valence-electron chi connectivity index (χ4n) is 2.52. The van der Waals surface area contributed by atoms with Gasteiger partial charge >= 0.3 is 124 Å². The quantitative estimate of drug-likeness (QED) is 0.702. The number of anilines is 1. The molecule has 4 heteroatoms. The van der Waals surface area contributed by atoms with Crippen LogP contribution in [-0.4, -0.2) is 14.6 Å². The first-order valence-electron chi connectivity index (χ1n) is 6.94. The monoisotopic (exact) mass is 329 g/mol. The van der Waals surface area contributed by atoms with Gasteiger partial charge in [0, 0.05) is 0 Å².